The van der Waals surface area contributed by atoms with Gasteiger partial charge in [0.2, 0.25) is 0 Å². The van der Waals surface area contributed by atoms with E-state index >= 15 is 0 Å². The average Bonchev–Trinajstić information content (AvgIpc) is 2.60. The highest BCUT2D eigenvalue weighted by atomic mass is 35.5. The Kier molecular flexibility index (Phi) is 2.73. The van der Waals surface area contributed by atoms with Crippen LogP contribution < -0.4 is 0 Å². The topological polar surface area (TPSA) is 28.7 Å². The second-order valence-corrected chi connectivity index (χ2v) is 3.57. The molecule has 0 aliphatic rings. The minimum atomic E-state index is -0.262. The zero-order valence-electron chi connectivity index (χ0n) is 8.22. The number of aromatic nitrogens is 2. The summed E-state index contributed by atoms with van der Waals surface area (Å²) in [6.45, 7) is 1.89. The molecule has 0 radical (unpaired) electrons. The Labute approximate surface area is 92.1 Å². The summed E-state index contributed by atoms with van der Waals surface area (Å²) < 4.78 is 13.0. The number of nitrogens with zero attached hydrogens (tertiary/aromatic N) is 1. The molecule has 0 aliphatic heterocycles. The van der Waals surface area contributed by atoms with Crippen molar-refractivity contribution in [3.8, 4) is 11.3 Å². The molecule has 0 bridgehead atoms. The first-order valence-electron chi connectivity index (χ1n) is 4.58. The molecule has 0 saturated carbocycles. The number of rotatable bonds is 2. The summed E-state index contributed by atoms with van der Waals surface area (Å²) >= 11 is 5.66. The Balaban J connectivity index is 2.48. The highest BCUT2D eigenvalue weighted by Crippen LogP contribution is 2.22. The number of hydrogen-bond acceptors (Lipinski definition) is 1. The summed E-state index contributed by atoms with van der Waals surface area (Å²) in [5, 5.41) is 0. The second kappa shape index (κ2) is 4.03. The van der Waals surface area contributed by atoms with E-state index in [1.165, 1.54) is 12.1 Å². The Bertz CT molecular complexity index is 479. The molecule has 4 heteroatoms. The zero-order chi connectivity index (χ0) is 10.8. The van der Waals surface area contributed by atoms with Gasteiger partial charge in [-0.05, 0) is 19.1 Å². The SMILES string of the molecule is Cc1[nH]c(CCl)nc1-c1cccc(F)c1. The number of aromatic amines is 1. The number of H-pyrrole nitrogens is 1. The van der Waals surface area contributed by atoms with Gasteiger partial charge in [-0.25, -0.2) is 9.37 Å². The van der Waals surface area contributed by atoms with Crippen LogP contribution in [0.25, 0.3) is 11.3 Å². The molecule has 2 aromatic rings. The predicted molar refractivity (Wildman–Crippen MR) is 58.3 cm³/mol. The highest BCUT2D eigenvalue weighted by Gasteiger charge is 2.08. The van der Waals surface area contributed by atoms with E-state index in [1.54, 1.807) is 6.07 Å². The second-order valence-electron chi connectivity index (χ2n) is 3.30. The van der Waals surface area contributed by atoms with E-state index in [9.17, 15) is 4.39 Å². The van der Waals surface area contributed by atoms with E-state index in [-0.39, 0.29) is 5.82 Å². The van der Waals surface area contributed by atoms with Crippen molar-refractivity contribution in [3.05, 3.63) is 41.6 Å². The summed E-state index contributed by atoms with van der Waals surface area (Å²) in [5.74, 6) is 0.770. The van der Waals surface area contributed by atoms with Crippen molar-refractivity contribution in [1.29, 1.82) is 0 Å². The molecule has 2 rings (SSSR count). The van der Waals surface area contributed by atoms with Crippen LogP contribution in [0.4, 0.5) is 4.39 Å². The van der Waals surface area contributed by atoms with Crippen LogP contribution in [-0.2, 0) is 5.88 Å². The molecule has 2 nitrogen and oxygen atoms in total. The smallest absolute Gasteiger partial charge is 0.123 e. The predicted octanol–water partition coefficient (Wildman–Crippen LogP) is 3.26. The van der Waals surface area contributed by atoms with Crippen molar-refractivity contribution < 1.29 is 4.39 Å². The first-order chi connectivity index (χ1) is 7.20. The Morgan fingerprint density at radius 3 is 2.87 bits per heavy atom. The minimum Gasteiger partial charge on any atom is -0.345 e. The van der Waals surface area contributed by atoms with E-state index < -0.39 is 0 Å². The number of halogens is 2. The van der Waals surface area contributed by atoms with E-state index in [1.807, 2.05) is 13.0 Å². The number of benzene rings is 1. The summed E-state index contributed by atoms with van der Waals surface area (Å²) in [6.07, 6.45) is 0. The van der Waals surface area contributed by atoms with Gasteiger partial charge in [0.15, 0.2) is 0 Å². The van der Waals surface area contributed by atoms with Crippen LogP contribution in [0.1, 0.15) is 11.5 Å². The van der Waals surface area contributed by atoms with Crippen molar-refractivity contribution in [2.45, 2.75) is 12.8 Å². The lowest BCUT2D eigenvalue weighted by molar-refractivity contribution is 0.628. The third kappa shape index (κ3) is 2.02. The third-order valence-electron chi connectivity index (χ3n) is 2.16. The van der Waals surface area contributed by atoms with Gasteiger partial charge in [-0.2, -0.15) is 0 Å². The maximum atomic E-state index is 13.0. The molecule has 0 amide bonds. The van der Waals surface area contributed by atoms with Gasteiger partial charge in [0.25, 0.3) is 0 Å². The summed E-state index contributed by atoms with van der Waals surface area (Å²) in [5.41, 5.74) is 2.42. The number of aryl methyl sites for hydroxylation is 1. The van der Waals surface area contributed by atoms with Crippen molar-refractivity contribution in [1.82, 2.24) is 9.97 Å². The fourth-order valence-corrected chi connectivity index (χ4v) is 1.63. The molecule has 0 saturated heterocycles. The number of alkyl halides is 1. The van der Waals surface area contributed by atoms with Gasteiger partial charge in [0.1, 0.15) is 11.6 Å². The van der Waals surface area contributed by atoms with Gasteiger partial charge in [0.05, 0.1) is 11.6 Å². The standard InChI is InChI=1S/C11H10ClFN2/c1-7-11(15-10(6-12)14-7)8-3-2-4-9(13)5-8/h2-5H,6H2,1H3,(H,14,15). The van der Waals surface area contributed by atoms with Gasteiger partial charge >= 0.3 is 0 Å². The first kappa shape index (κ1) is 10.2. The van der Waals surface area contributed by atoms with Crippen molar-refractivity contribution in [2.75, 3.05) is 0 Å². The molecular weight excluding hydrogens is 215 g/mol. The first-order valence-corrected chi connectivity index (χ1v) is 5.11. The number of imidazole rings is 1. The van der Waals surface area contributed by atoms with Crippen LogP contribution in [0.2, 0.25) is 0 Å². The molecule has 1 aromatic carbocycles. The van der Waals surface area contributed by atoms with E-state index in [2.05, 4.69) is 9.97 Å². The van der Waals surface area contributed by atoms with Crippen molar-refractivity contribution in [3.63, 3.8) is 0 Å². The van der Waals surface area contributed by atoms with Crippen LogP contribution >= 0.6 is 11.6 Å². The lowest BCUT2D eigenvalue weighted by Crippen LogP contribution is -1.83. The largest absolute Gasteiger partial charge is 0.345 e. The Morgan fingerprint density at radius 2 is 2.27 bits per heavy atom. The molecule has 1 N–H and O–H groups in total. The molecule has 78 valence electrons. The van der Waals surface area contributed by atoms with Crippen LogP contribution in [0.15, 0.2) is 24.3 Å². The molecule has 0 aliphatic carbocycles. The van der Waals surface area contributed by atoms with Crippen LogP contribution in [0.5, 0.6) is 0 Å². The molecule has 0 unspecified atom stereocenters. The average molecular weight is 225 g/mol. The maximum Gasteiger partial charge on any atom is 0.123 e. The summed E-state index contributed by atoms with van der Waals surface area (Å²) in [6, 6.07) is 6.36. The molecule has 15 heavy (non-hydrogen) atoms. The minimum absolute atomic E-state index is 0.262. The van der Waals surface area contributed by atoms with E-state index in [4.69, 9.17) is 11.6 Å². The molecule has 1 aromatic heterocycles. The zero-order valence-corrected chi connectivity index (χ0v) is 8.98. The Hall–Kier alpha value is -1.35. The lowest BCUT2D eigenvalue weighted by Gasteiger charge is -1.97. The molecule has 0 spiro atoms. The summed E-state index contributed by atoms with van der Waals surface area (Å²) in [7, 11) is 0. The number of nitrogens with one attached hydrogen (secondary N) is 1. The molecular formula is C11H10ClFN2. The summed E-state index contributed by atoms with van der Waals surface area (Å²) in [4.78, 5) is 7.33. The lowest BCUT2D eigenvalue weighted by atomic mass is 10.1. The van der Waals surface area contributed by atoms with Crippen molar-refractivity contribution in [2.24, 2.45) is 0 Å². The van der Waals surface area contributed by atoms with Crippen LogP contribution in [0, 0.1) is 12.7 Å². The fourth-order valence-electron chi connectivity index (χ4n) is 1.50. The quantitative estimate of drug-likeness (QED) is 0.780. The monoisotopic (exact) mass is 224 g/mol. The highest BCUT2D eigenvalue weighted by molar-refractivity contribution is 6.16. The molecule has 0 fully saturated rings. The van der Waals surface area contributed by atoms with Crippen LogP contribution in [-0.4, -0.2) is 9.97 Å². The van der Waals surface area contributed by atoms with Gasteiger partial charge < -0.3 is 4.98 Å². The van der Waals surface area contributed by atoms with E-state index in [0.717, 1.165) is 17.0 Å². The molecule has 0 atom stereocenters. The number of hydrogen-bond donors (Lipinski definition) is 1. The molecule has 1 heterocycles. The Morgan fingerprint density at radius 1 is 1.47 bits per heavy atom. The third-order valence-corrected chi connectivity index (χ3v) is 2.41. The maximum absolute atomic E-state index is 13.0. The fraction of sp³-hybridized carbons (Fsp3) is 0.182. The van der Waals surface area contributed by atoms with Gasteiger partial charge in [0, 0.05) is 11.3 Å². The van der Waals surface area contributed by atoms with Gasteiger partial charge in [-0.15, -0.1) is 11.6 Å². The normalized spacial score (nSPS) is 10.6. The van der Waals surface area contributed by atoms with Gasteiger partial charge in [-0.1, -0.05) is 12.1 Å². The van der Waals surface area contributed by atoms with E-state index in [0.29, 0.717) is 11.7 Å². The van der Waals surface area contributed by atoms with Gasteiger partial charge in [-0.3, -0.25) is 0 Å². The van der Waals surface area contributed by atoms with Crippen LogP contribution in [0.3, 0.4) is 0 Å². The van der Waals surface area contributed by atoms with Crippen molar-refractivity contribution >= 4 is 11.6 Å².